The Labute approximate surface area is 187 Å². The molecule has 0 radical (unpaired) electrons. The quantitative estimate of drug-likeness (QED) is 0.410. The molecule has 1 aliphatic rings. The average Bonchev–Trinajstić information content (AvgIpc) is 2.93. The number of hydrogen-bond donors (Lipinski definition) is 1. The summed E-state index contributed by atoms with van der Waals surface area (Å²) in [5.41, 5.74) is 1.81. The summed E-state index contributed by atoms with van der Waals surface area (Å²) >= 11 is 0. The van der Waals surface area contributed by atoms with Crippen molar-refractivity contribution in [3.63, 3.8) is 0 Å². The Morgan fingerprint density at radius 2 is 1.53 bits per heavy atom. The normalized spacial score (nSPS) is 21.2. The number of phenolic OH excluding ortho intramolecular Hbond substituents is 1. The summed E-state index contributed by atoms with van der Waals surface area (Å²) in [6.45, 7) is 4.63. The van der Waals surface area contributed by atoms with Crippen LogP contribution in [0.25, 0.3) is 22.4 Å². The molecule has 0 amide bonds. The summed E-state index contributed by atoms with van der Waals surface area (Å²) in [6, 6.07) is 11.2. The standard InChI is InChI=1S/C25H28F2N4O/c1-15-4-5-16(2)11-19(10-15)31(3)25-9-8-21(29-30-25)20-7-6-17(12-22(20)32)18-13-23(26)28-24(27)14-18/h6-9,12-16,19,32H,4-5,10-11H2,1-3H3/t15-,16+,19+. The summed E-state index contributed by atoms with van der Waals surface area (Å²) in [6.07, 6.45) is 4.82. The van der Waals surface area contributed by atoms with Gasteiger partial charge in [-0.1, -0.05) is 32.8 Å². The Balaban J connectivity index is 1.55. The van der Waals surface area contributed by atoms with Crippen LogP contribution in [0.1, 0.15) is 39.5 Å². The lowest BCUT2D eigenvalue weighted by molar-refractivity contribution is 0.446. The molecule has 2 aromatic heterocycles. The molecule has 4 rings (SSSR count). The maximum absolute atomic E-state index is 13.4. The third-order valence-corrected chi connectivity index (χ3v) is 6.43. The van der Waals surface area contributed by atoms with Gasteiger partial charge in [0, 0.05) is 30.8 Å². The van der Waals surface area contributed by atoms with Gasteiger partial charge in [-0.05, 0) is 60.1 Å². The van der Waals surface area contributed by atoms with Crippen LogP contribution in [-0.2, 0) is 0 Å². The van der Waals surface area contributed by atoms with Crippen molar-refractivity contribution in [3.05, 3.63) is 54.4 Å². The van der Waals surface area contributed by atoms with Gasteiger partial charge in [0.25, 0.3) is 0 Å². The third kappa shape index (κ3) is 4.87. The summed E-state index contributed by atoms with van der Waals surface area (Å²) in [5.74, 6) is 0.328. The third-order valence-electron chi connectivity index (χ3n) is 6.43. The van der Waals surface area contributed by atoms with Crippen molar-refractivity contribution in [1.29, 1.82) is 0 Å². The monoisotopic (exact) mass is 438 g/mol. The highest BCUT2D eigenvalue weighted by atomic mass is 19.1. The molecule has 0 aliphatic heterocycles. The maximum Gasteiger partial charge on any atom is 0.216 e. The zero-order valence-corrected chi connectivity index (χ0v) is 18.6. The van der Waals surface area contributed by atoms with Crippen molar-refractivity contribution in [2.24, 2.45) is 11.8 Å². The number of halogens is 2. The molecule has 0 saturated heterocycles. The molecule has 1 N–H and O–H groups in total. The van der Waals surface area contributed by atoms with Crippen molar-refractivity contribution < 1.29 is 13.9 Å². The van der Waals surface area contributed by atoms with Crippen LogP contribution in [0, 0.1) is 23.7 Å². The Morgan fingerprint density at radius 1 is 0.875 bits per heavy atom. The molecule has 0 unspecified atom stereocenters. The molecule has 5 nitrogen and oxygen atoms in total. The number of aromatic nitrogens is 3. The number of pyridine rings is 1. The fourth-order valence-corrected chi connectivity index (χ4v) is 4.55. The molecular weight excluding hydrogens is 410 g/mol. The van der Waals surface area contributed by atoms with Crippen LogP contribution in [0.2, 0.25) is 0 Å². The van der Waals surface area contributed by atoms with Gasteiger partial charge >= 0.3 is 0 Å². The van der Waals surface area contributed by atoms with Gasteiger partial charge in [0.2, 0.25) is 11.9 Å². The predicted octanol–water partition coefficient (Wildman–Crippen LogP) is 5.84. The zero-order chi connectivity index (χ0) is 22.8. The second kappa shape index (κ2) is 9.18. The second-order valence-corrected chi connectivity index (χ2v) is 9.03. The van der Waals surface area contributed by atoms with Crippen molar-refractivity contribution >= 4 is 5.82 Å². The number of phenols is 1. The zero-order valence-electron chi connectivity index (χ0n) is 18.6. The minimum atomic E-state index is -0.911. The van der Waals surface area contributed by atoms with E-state index in [1.807, 2.05) is 12.1 Å². The molecular formula is C25H28F2N4O. The highest BCUT2D eigenvalue weighted by Gasteiger charge is 2.25. The second-order valence-electron chi connectivity index (χ2n) is 9.03. The largest absolute Gasteiger partial charge is 0.507 e. The van der Waals surface area contributed by atoms with E-state index in [4.69, 9.17) is 0 Å². The van der Waals surface area contributed by atoms with E-state index < -0.39 is 11.9 Å². The van der Waals surface area contributed by atoms with E-state index in [1.54, 1.807) is 12.1 Å². The van der Waals surface area contributed by atoms with Crippen molar-refractivity contribution in [2.45, 2.75) is 45.6 Å². The van der Waals surface area contributed by atoms with Gasteiger partial charge in [0.15, 0.2) is 5.82 Å². The fraction of sp³-hybridized carbons (Fsp3) is 0.400. The van der Waals surface area contributed by atoms with E-state index in [9.17, 15) is 13.9 Å². The predicted molar refractivity (Wildman–Crippen MR) is 121 cm³/mol. The molecule has 1 aliphatic carbocycles. The molecule has 1 aromatic carbocycles. The lowest BCUT2D eigenvalue weighted by Crippen LogP contribution is -2.34. The van der Waals surface area contributed by atoms with E-state index in [1.165, 1.54) is 18.9 Å². The minimum absolute atomic E-state index is 0.0399. The summed E-state index contributed by atoms with van der Waals surface area (Å²) in [5, 5.41) is 19.3. The smallest absolute Gasteiger partial charge is 0.216 e. The first-order valence-electron chi connectivity index (χ1n) is 11.0. The van der Waals surface area contributed by atoms with Crippen LogP contribution < -0.4 is 4.90 Å². The fourth-order valence-electron chi connectivity index (χ4n) is 4.55. The van der Waals surface area contributed by atoms with Gasteiger partial charge in [-0.3, -0.25) is 0 Å². The number of nitrogens with zero attached hydrogens (tertiary/aromatic N) is 4. The summed E-state index contributed by atoms with van der Waals surface area (Å²) < 4.78 is 26.9. The Morgan fingerprint density at radius 3 is 2.09 bits per heavy atom. The maximum atomic E-state index is 13.4. The van der Waals surface area contributed by atoms with E-state index in [0.29, 0.717) is 40.3 Å². The first kappa shape index (κ1) is 22.1. The average molecular weight is 439 g/mol. The van der Waals surface area contributed by atoms with Gasteiger partial charge in [-0.2, -0.15) is 13.8 Å². The van der Waals surface area contributed by atoms with Gasteiger partial charge in [-0.25, -0.2) is 0 Å². The van der Waals surface area contributed by atoms with Crippen LogP contribution in [0.15, 0.2) is 42.5 Å². The van der Waals surface area contributed by atoms with Crippen LogP contribution in [0.5, 0.6) is 5.75 Å². The molecule has 3 atom stereocenters. The molecule has 168 valence electrons. The summed E-state index contributed by atoms with van der Waals surface area (Å²) in [7, 11) is 2.07. The van der Waals surface area contributed by atoms with Crippen LogP contribution >= 0.6 is 0 Å². The highest BCUT2D eigenvalue weighted by molar-refractivity contribution is 5.74. The Bertz CT molecular complexity index is 1060. The van der Waals surface area contributed by atoms with Gasteiger partial charge in [-0.15, -0.1) is 10.2 Å². The summed E-state index contributed by atoms with van der Waals surface area (Å²) in [4.78, 5) is 5.31. The van der Waals surface area contributed by atoms with Gasteiger partial charge in [0.05, 0.1) is 5.69 Å². The molecule has 0 spiro atoms. The highest BCUT2D eigenvalue weighted by Crippen LogP contribution is 2.34. The lowest BCUT2D eigenvalue weighted by Gasteiger charge is -2.30. The molecule has 3 aromatic rings. The van der Waals surface area contributed by atoms with E-state index in [0.717, 1.165) is 30.8 Å². The van der Waals surface area contributed by atoms with Crippen molar-refractivity contribution in [3.8, 4) is 28.1 Å². The molecule has 0 bridgehead atoms. The van der Waals surface area contributed by atoms with Gasteiger partial charge in [0.1, 0.15) is 5.75 Å². The van der Waals surface area contributed by atoms with Crippen LogP contribution in [0.3, 0.4) is 0 Å². The first-order chi connectivity index (χ1) is 15.3. The van der Waals surface area contributed by atoms with Gasteiger partial charge < -0.3 is 10.0 Å². The van der Waals surface area contributed by atoms with Crippen LogP contribution in [0.4, 0.5) is 14.6 Å². The molecule has 7 heteroatoms. The molecule has 1 fully saturated rings. The number of benzene rings is 1. The lowest BCUT2D eigenvalue weighted by atomic mass is 9.98. The number of anilines is 1. The van der Waals surface area contributed by atoms with E-state index >= 15 is 0 Å². The molecule has 1 saturated carbocycles. The van der Waals surface area contributed by atoms with E-state index in [-0.39, 0.29) is 5.75 Å². The topological polar surface area (TPSA) is 62.1 Å². The Kier molecular flexibility index (Phi) is 6.35. The first-order valence-corrected chi connectivity index (χ1v) is 11.0. The van der Waals surface area contributed by atoms with E-state index in [2.05, 4.69) is 41.0 Å². The molecule has 2 heterocycles. The van der Waals surface area contributed by atoms with Crippen LogP contribution in [-0.4, -0.2) is 33.4 Å². The minimum Gasteiger partial charge on any atom is -0.507 e. The Hall–Kier alpha value is -3.09. The number of rotatable bonds is 4. The van der Waals surface area contributed by atoms with Crippen molar-refractivity contribution in [1.82, 2.24) is 15.2 Å². The van der Waals surface area contributed by atoms with Crippen molar-refractivity contribution in [2.75, 3.05) is 11.9 Å². The number of hydrogen-bond acceptors (Lipinski definition) is 5. The molecule has 32 heavy (non-hydrogen) atoms. The number of aromatic hydroxyl groups is 1. The SMILES string of the molecule is C[C@@H]1CC[C@H](C)C[C@@H](N(C)c2ccc(-c3ccc(-c4cc(F)nc(F)c4)cc3O)nn2)C1.